The highest BCUT2D eigenvalue weighted by molar-refractivity contribution is 7.09. The van der Waals surface area contributed by atoms with Crippen molar-refractivity contribution in [2.75, 3.05) is 6.54 Å². The molecule has 0 atom stereocenters. The number of thiazole rings is 1. The van der Waals surface area contributed by atoms with Gasteiger partial charge in [-0.05, 0) is 45.4 Å². The Morgan fingerprint density at radius 1 is 1.50 bits per heavy atom. The standard InChI is InChI=1S/C14H24N2OS/c1-11-4-6-14(17,7-5-11)10-16-13(2,3)12-15-8-9-18-12/h8-9,11,16-17H,4-7,10H2,1-3H3. The first-order chi connectivity index (χ1) is 8.41. The first kappa shape index (κ1) is 14.0. The molecule has 102 valence electrons. The van der Waals surface area contributed by atoms with Gasteiger partial charge in [-0.2, -0.15) is 0 Å². The van der Waals surface area contributed by atoms with Crippen LogP contribution in [0.3, 0.4) is 0 Å². The molecule has 0 spiro atoms. The van der Waals surface area contributed by atoms with Gasteiger partial charge in [0.05, 0.1) is 11.1 Å². The Morgan fingerprint density at radius 2 is 2.17 bits per heavy atom. The summed E-state index contributed by atoms with van der Waals surface area (Å²) in [6, 6.07) is 0. The van der Waals surface area contributed by atoms with E-state index in [1.165, 1.54) is 0 Å². The van der Waals surface area contributed by atoms with Gasteiger partial charge in [0.2, 0.25) is 0 Å². The molecule has 1 aromatic rings. The van der Waals surface area contributed by atoms with E-state index in [-0.39, 0.29) is 5.54 Å². The van der Waals surface area contributed by atoms with Crippen LogP contribution in [0.5, 0.6) is 0 Å². The lowest BCUT2D eigenvalue weighted by atomic mass is 9.79. The van der Waals surface area contributed by atoms with Gasteiger partial charge in [0.25, 0.3) is 0 Å². The van der Waals surface area contributed by atoms with Crippen molar-refractivity contribution in [3.05, 3.63) is 16.6 Å². The fourth-order valence-corrected chi connectivity index (χ4v) is 3.21. The fourth-order valence-electron chi connectivity index (χ4n) is 2.47. The highest BCUT2D eigenvalue weighted by Crippen LogP contribution is 2.32. The van der Waals surface area contributed by atoms with Crippen molar-refractivity contribution >= 4 is 11.3 Å². The van der Waals surface area contributed by atoms with Crippen molar-refractivity contribution in [2.45, 2.75) is 57.6 Å². The van der Waals surface area contributed by atoms with E-state index in [9.17, 15) is 5.11 Å². The van der Waals surface area contributed by atoms with Crippen LogP contribution in [-0.4, -0.2) is 22.2 Å². The summed E-state index contributed by atoms with van der Waals surface area (Å²) < 4.78 is 0. The summed E-state index contributed by atoms with van der Waals surface area (Å²) in [7, 11) is 0. The number of aromatic nitrogens is 1. The van der Waals surface area contributed by atoms with E-state index in [4.69, 9.17) is 0 Å². The number of hydrogen-bond acceptors (Lipinski definition) is 4. The highest BCUT2D eigenvalue weighted by atomic mass is 32.1. The minimum Gasteiger partial charge on any atom is -0.389 e. The molecule has 0 unspecified atom stereocenters. The largest absolute Gasteiger partial charge is 0.389 e. The highest BCUT2D eigenvalue weighted by Gasteiger charge is 2.34. The number of nitrogens with one attached hydrogen (secondary N) is 1. The quantitative estimate of drug-likeness (QED) is 0.882. The molecule has 1 aliphatic carbocycles. The van der Waals surface area contributed by atoms with E-state index in [0.717, 1.165) is 36.6 Å². The molecule has 0 amide bonds. The fraction of sp³-hybridized carbons (Fsp3) is 0.786. The molecule has 0 aliphatic heterocycles. The van der Waals surface area contributed by atoms with Crippen LogP contribution in [-0.2, 0) is 5.54 Å². The zero-order valence-electron chi connectivity index (χ0n) is 11.6. The molecule has 3 nitrogen and oxygen atoms in total. The Morgan fingerprint density at radius 3 is 2.72 bits per heavy atom. The molecule has 1 saturated carbocycles. The number of nitrogens with zero attached hydrogens (tertiary/aromatic N) is 1. The number of rotatable bonds is 4. The SMILES string of the molecule is CC1CCC(O)(CNC(C)(C)c2nccs2)CC1. The van der Waals surface area contributed by atoms with Gasteiger partial charge in [0.1, 0.15) is 5.01 Å². The average molecular weight is 268 g/mol. The van der Waals surface area contributed by atoms with Crippen LogP contribution < -0.4 is 5.32 Å². The Bertz CT molecular complexity index is 367. The van der Waals surface area contributed by atoms with E-state index in [0.29, 0.717) is 6.54 Å². The summed E-state index contributed by atoms with van der Waals surface area (Å²) in [6.45, 7) is 7.18. The maximum atomic E-state index is 10.6. The molecule has 2 N–H and O–H groups in total. The van der Waals surface area contributed by atoms with Gasteiger partial charge in [-0.25, -0.2) is 4.98 Å². The first-order valence-electron chi connectivity index (χ1n) is 6.79. The summed E-state index contributed by atoms with van der Waals surface area (Å²) in [5, 5.41) is 17.1. The predicted molar refractivity (Wildman–Crippen MR) is 75.7 cm³/mol. The maximum Gasteiger partial charge on any atom is 0.112 e. The van der Waals surface area contributed by atoms with Crippen molar-refractivity contribution in [2.24, 2.45) is 5.92 Å². The molecule has 0 saturated heterocycles. The van der Waals surface area contributed by atoms with Crippen molar-refractivity contribution in [3.63, 3.8) is 0 Å². The van der Waals surface area contributed by atoms with Gasteiger partial charge in [0, 0.05) is 18.1 Å². The van der Waals surface area contributed by atoms with Gasteiger partial charge in [-0.1, -0.05) is 6.92 Å². The Kier molecular flexibility index (Phi) is 4.09. The summed E-state index contributed by atoms with van der Waals surface area (Å²) in [5.74, 6) is 0.761. The smallest absolute Gasteiger partial charge is 0.112 e. The van der Waals surface area contributed by atoms with Gasteiger partial charge < -0.3 is 10.4 Å². The van der Waals surface area contributed by atoms with Crippen LogP contribution in [0, 0.1) is 5.92 Å². The maximum absolute atomic E-state index is 10.6. The molecule has 0 bridgehead atoms. The zero-order chi connectivity index (χ0) is 13.2. The molecule has 0 aromatic carbocycles. The topological polar surface area (TPSA) is 45.1 Å². The van der Waals surface area contributed by atoms with E-state index in [1.807, 2.05) is 11.6 Å². The summed E-state index contributed by atoms with van der Waals surface area (Å²) in [6.07, 6.45) is 5.93. The molecular weight excluding hydrogens is 244 g/mol. The summed E-state index contributed by atoms with van der Waals surface area (Å²) in [4.78, 5) is 4.36. The Labute approximate surface area is 114 Å². The first-order valence-corrected chi connectivity index (χ1v) is 7.67. The molecule has 2 rings (SSSR count). The third-order valence-electron chi connectivity index (χ3n) is 4.03. The van der Waals surface area contributed by atoms with E-state index >= 15 is 0 Å². The van der Waals surface area contributed by atoms with Crippen LogP contribution in [0.2, 0.25) is 0 Å². The molecule has 1 heterocycles. The van der Waals surface area contributed by atoms with Crippen LogP contribution in [0.4, 0.5) is 0 Å². The van der Waals surface area contributed by atoms with E-state index in [1.54, 1.807) is 11.3 Å². The van der Waals surface area contributed by atoms with Crippen LogP contribution in [0.25, 0.3) is 0 Å². The summed E-state index contributed by atoms with van der Waals surface area (Å²) >= 11 is 1.66. The van der Waals surface area contributed by atoms with Gasteiger partial charge in [-0.15, -0.1) is 11.3 Å². The molecular formula is C14H24N2OS. The van der Waals surface area contributed by atoms with Crippen molar-refractivity contribution in [1.29, 1.82) is 0 Å². The second-order valence-electron chi connectivity index (χ2n) is 6.22. The molecule has 1 fully saturated rings. The van der Waals surface area contributed by atoms with Gasteiger partial charge in [0.15, 0.2) is 0 Å². The van der Waals surface area contributed by atoms with Crippen LogP contribution in [0.15, 0.2) is 11.6 Å². The Balaban J connectivity index is 1.91. The molecule has 0 radical (unpaired) electrons. The second kappa shape index (κ2) is 5.27. The predicted octanol–water partition coefficient (Wildman–Crippen LogP) is 2.91. The normalized spacial score (nSPS) is 29.4. The zero-order valence-corrected chi connectivity index (χ0v) is 12.4. The second-order valence-corrected chi connectivity index (χ2v) is 7.12. The minimum atomic E-state index is -0.527. The third-order valence-corrected chi connectivity index (χ3v) is 5.13. The van der Waals surface area contributed by atoms with Crippen LogP contribution in [0.1, 0.15) is 51.5 Å². The number of hydrogen-bond donors (Lipinski definition) is 2. The average Bonchev–Trinajstić information content (AvgIpc) is 2.86. The molecule has 18 heavy (non-hydrogen) atoms. The lowest BCUT2D eigenvalue weighted by molar-refractivity contribution is -0.0114. The molecule has 4 heteroatoms. The van der Waals surface area contributed by atoms with E-state index < -0.39 is 5.60 Å². The molecule has 1 aromatic heterocycles. The minimum absolute atomic E-state index is 0.160. The van der Waals surface area contributed by atoms with Gasteiger partial charge >= 0.3 is 0 Å². The molecule has 1 aliphatic rings. The number of aliphatic hydroxyl groups is 1. The van der Waals surface area contributed by atoms with Crippen molar-refractivity contribution < 1.29 is 5.11 Å². The van der Waals surface area contributed by atoms with Crippen LogP contribution >= 0.6 is 11.3 Å². The third kappa shape index (κ3) is 3.31. The van der Waals surface area contributed by atoms with Crippen molar-refractivity contribution in [3.8, 4) is 0 Å². The summed E-state index contributed by atoms with van der Waals surface area (Å²) in [5.41, 5.74) is -0.687. The lowest BCUT2D eigenvalue weighted by Gasteiger charge is -2.37. The lowest BCUT2D eigenvalue weighted by Crippen LogP contribution is -2.49. The van der Waals surface area contributed by atoms with Gasteiger partial charge in [-0.3, -0.25) is 0 Å². The van der Waals surface area contributed by atoms with E-state index in [2.05, 4.69) is 31.1 Å². The Hall–Kier alpha value is -0.450. The van der Waals surface area contributed by atoms with Crippen molar-refractivity contribution in [1.82, 2.24) is 10.3 Å². The monoisotopic (exact) mass is 268 g/mol.